The molecule has 1 heterocycles. The second kappa shape index (κ2) is 10.2. The molecule has 0 spiro atoms. The lowest BCUT2D eigenvalue weighted by Gasteiger charge is -2.16. The van der Waals surface area contributed by atoms with Crippen molar-refractivity contribution in [2.75, 3.05) is 0 Å². The summed E-state index contributed by atoms with van der Waals surface area (Å²) in [6.45, 7) is 4.35. The Kier molecular flexibility index (Phi) is 8.56. The van der Waals surface area contributed by atoms with Crippen molar-refractivity contribution in [3.05, 3.63) is 56.4 Å². The van der Waals surface area contributed by atoms with E-state index in [1.807, 2.05) is 0 Å². The van der Waals surface area contributed by atoms with E-state index in [2.05, 4.69) is 0 Å². The molecule has 0 fully saturated rings. The summed E-state index contributed by atoms with van der Waals surface area (Å²) in [5.74, 6) is -1.25. The number of carbonyl (C=O) groups is 2. The van der Waals surface area contributed by atoms with Gasteiger partial charge in [-0.15, -0.1) is 12.4 Å². The van der Waals surface area contributed by atoms with E-state index in [4.69, 9.17) is 15.2 Å². The van der Waals surface area contributed by atoms with Gasteiger partial charge in [0.1, 0.15) is 6.04 Å². The van der Waals surface area contributed by atoms with E-state index in [1.165, 1.54) is 25.5 Å². The van der Waals surface area contributed by atoms with Gasteiger partial charge < -0.3 is 19.8 Å². The first-order chi connectivity index (χ1) is 13.5. The largest absolute Gasteiger partial charge is 0.426 e. The number of halogens is 1. The molecule has 2 rings (SSSR count). The summed E-state index contributed by atoms with van der Waals surface area (Å²) in [6.07, 6.45) is -0.812. The highest BCUT2D eigenvalue weighted by atomic mass is 35.5. The number of nitrogens with zero attached hydrogens (tertiary/aromatic N) is 2. The molecule has 9 nitrogen and oxygen atoms in total. The maximum atomic E-state index is 12.5. The fourth-order valence-electron chi connectivity index (χ4n) is 2.93. The molecule has 0 aliphatic heterocycles. The van der Waals surface area contributed by atoms with E-state index in [9.17, 15) is 19.2 Å². The molecule has 1 aromatic carbocycles. The van der Waals surface area contributed by atoms with Crippen LogP contribution in [0.3, 0.4) is 0 Å². The van der Waals surface area contributed by atoms with Crippen LogP contribution in [-0.2, 0) is 39.6 Å². The van der Waals surface area contributed by atoms with Gasteiger partial charge in [-0.2, -0.15) is 0 Å². The lowest BCUT2D eigenvalue weighted by Crippen LogP contribution is -2.39. The number of nitrogens with two attached hydrogens (primary N) is 1. The molecular formula is C20H26ClN3O6. The van der Waals surface area contributed by atoms with Crippen molar-refractivity contribution >= 4 is 24.3 Å². The summed E-state index contributed by atoms with van der Waals surface area (Å²) >= 11 is 0. The first-order valence-corrected chi connectivity index (χ1v) is 9.02. The highest BCUT2D eigenvalue weighted by Gasteiger charge is 2.20. The van der Waals surface area contributed by atoms with Crippen molar-refractivity contribution in [1.82, 2.24) is 9.13 Å². The summed E-state index contributed by atoms with van der Waals surface area (Å²) in [6, 6.07) is 6.04. The van der Waals surface area contributed by atoms with Crippen LogP contribution >= 0.6 is 12.4 Å². The van der Waals surface area contributed by atoms with Crippen LogP contribution in [0.25, 0.3) is 11.1 Å². The average Bonchev–Trinajstić information content (AvgIpc) is 2.65. The van der Waals surface area contributed by atoms with Crippen LogP contribution < -0.4 is 17.0 Å². The lowest BCUT2D eigenvalue weighted by atomic mass is 10.0. The molecule has 164 valence electrons. The zero-order valence-electron chi connectivity index (χ0n) is 17.5. The third-order valence-electron chi connectivity index (χ3n) is 4.57. The van der Waals surface area contributed by atoms with Crippen molar-refractivity contribution in [1.29, 1.82) is 0 Å². The smallest absolute Gasteiger partial charge is 0.330 e. The SMILES string of the molecule is CC(=O)OC(C)OC(=O)[C@@H](N)Cc1ccc(-c2c(C)n(C)c(=O)n(C)c2=O)cc1.Cl. The van der Waals surface area contributed by atoms with Gasteiger partial charge in [-0.25, -0.2) is 4.79 Å². The van der Waals surface area contributed by atoms with Crippen LogP contribution in [0, 0.1) is 6.92 Å². The van der Waals surface area contributed by atoms with E-state index in [1.54, 1.807) is 38.2 Å². The Morgan fingerprint density at radius 2 is 1.63 bits per heavy atom. The predicted molar refractivity (Wildman–Crippen MR) is 113 cm³/mol. The molecule has 0 radical (unpaired) electrons. The molecule has 1 unspecified atom stereocenters. The van der Waals surface area contributed by atoms with Crippen LogP contribution in [0.2, 0.25) is 0 Å². The van der Waals surface area contributed by atoms with E-state index in [0.717, 1.165) is 10.1 Å². The average molecular weight is 440 g/mol. The van der Waals surface area contributed by atoms with Crippen LogP contribution in [0.5, 0.6) is 0 Å². The molecule has 0 aliphatic carbocycles. The van der Waals surface area contributed by atoms with Crippen molar-refractivity contribution < 1.29 is 19.1 Å². The fraction of sp³-hybridized carbons (Fsp3) is 0.400. The monoisotopic (exact) mass is 439 g/mol. The minimum atomic E-state index is -1.02. The molecule has 0 saturated heterocycles. The normalized spacial score (nSPS) is 12.5. The lowest BCUT2D eigenvalue weighted by molar-refractivity contribution is -0.183. The van der Waals surface area contributed by atoms with E-state index in [0.29, 0.717) is 16.8 Å². The number of hydrogen-bond donors (Lipinski definition) is 1. The van der Waals surface area contributed by atoms with E-state index in [-0.39, 0.29) is 30.1 Å². The van der Waals surface area contributed by atoms with Gasteiger partial charge in [0.05, 0.1) is 5.56 Å². The van der Waals surface area contributed by atoms with Gasteiger partial charge in [0.25, 0.3) is 5.56 Å². The molecule has 2 atom stereocenters. The van der Waals surface area contributed by atoms with E-state index < -0.39 is 24.3 Å². The van der Waals surface area contributed by atoms with Gasteiger partial charge in [0.15, 0.2) is 0 Å². The molecule has 10 heteroatoms. The van der Waals surface area contributed by atoms with Crippen LogP contribution in [0.1, 0.15) is 25.1 Å². The molecule has 0 aliphatic rings. The van der Waals surface area contributed by atoms with Crippen molar-refractivity contribution in [2.24, 2.45) is 19.8 Å². The Bertz CT molecular complexity index is 1040. The zero-order chi connectivity index (χ0) is 21.9. The second-order valence-electron chi connectivity index (χ2n) is 6.79. The first kappa shape index (κ1) is 25.1. The Hall–Kier alpha value is -2.91. The van der Waals surface area contributed by atoms with Crippen LogP contribution in [-0.4, -0.2) is 33.4 Å². The Labute approximate surface area is 179 Å². The topological polar surface area (TPSA) is 123 Å². The molecule has 2 aromatic rings. The standard InChI is InChI=1S/C20H25N3O6.ClH/c1-11-17(18(25)23(5)20(27)22(11)4)15-8-6-14(7-9-15)10-16(21)19(26)29-13(3)28-12(2)24;/h6-9,13,16H,10,21H2,1-5H3;1H/t13?,16-;/m0./s1. The molecule has 0 saturated carbocycles. The number of esters is 2. The van der Waals surface area contributed by atoms with E-state index >= 15 is 0 Å². The van der Waals surface area contributed by atoms with Crippen molar-refractivity contribution in [3.63, 3.8) is 0 Å². The number of benzene rings is 1. The summed E-state index contributed by atoms with van der Waals surface area (Å²) in [4.78, 5) is 47.4. The second-order valence-corrected chi connectivity index (χ2v) is 6.79. The fourth-order valence-corrected chi connectivity index (χ4v) is 2.93. The molecule has 0 bridgehead atoms. The minimum absolute atomic E-state index is 0. The summed E-state index contributed by atoms with van der Waals surface area (Å²) < 4.78 is 12.2. The number of carbonyl (C=O) groups excluding carboxylic acids is 2. The number of aromatic nitrogens is 2. The highest BCUT2D eigenvalue weighted by Crippen LogP contribution is 2.19. The number of ether oxygens (including phenoxy) is 2. The quantitative estimate of drug-likeness (QED) is 0.521. The Morgan fingerprint density at radius 1 is 1.07 bits per heavy atom. The summed E-state index contributed by atoms with van der Waals surface area (Å²) in [5.41, 5.74) is 7.52. The maximum absolute atomic E-state index is 12.5. The van der Waals surface area contributed by atoms with Gasteiger partial charge in [-0.1, -0.05) is 24.3 Å². The molecule has 1 aromatic heterocycles. The van der Waals surface area contributed by atoms with Crippen molar-refractivity contribution in [2.45, 2.75) is 39.5 Å². The van der Waals surface area contributed by atoms with Gasteiger partial charge in [0.2, 0.25) is 6.29 Å². The Morgan fingerprint density at radius 3 is 2.17 bits per heavy atom. The summed E-state index contributed by atoms with van der Waals surface area (Å²) in [7, 11) is 3.04. The highest BCUT2D eigenvalue weighted by molar-refractivity contribution is 5.85. The molecule has 0 amide bonds. The third-order valence-corrected chi connectivity index (χ3v) is 4.57. The van der Waals surface area contributed by atoms with Crippen molar-refractivity contribution in [3.8, 4) is 11.1 Å². The maximum Gasteiger partial charge on any atom is 0.330 e. The van der Waals surface area contributed by atoms with Crippen LogP contribution in [0.4, 0.5) is 0 Å². The number of rotatable bonds is 6. The Balaban J connectivity index is 0.00000450. The van der Waals surface area contributed by atoms with Gasteiger partial charge >= 0.3 is 17.6 Å². The van der Waals surface area contributed by atoms with Gasteiger partial charge in [0, 0.05) is 33.6 Å². The summed E-state index contributed by atoms with van der Waals surface area (Å²) in [5, 5.41) is 0. The third kappa shape index (κ3) is 5.58. The van der Waals surface area contributed by atoms with Crippen LogP contribution in [0.15, 0.2) is 33.9 Å². The zero-order valence-corrected chi connectivity index (χ0v) is 18.3. The number of hydrogen-bond acceptors (Lipinski definition) is 7. The predicted octanol–water partition coefficient (Wildman–Crippen LogP) is 0.803. The van der Waals surface area contributed by atoms with Gasteiger partial charge in [-0.3, -0.25) is 19.0 Å². The molecule has 2 N–H and O–H groups in total. The minimum Gasteiger partial charge on any atom is -0.426 e. The molecule has 30 heavy (non-hydrogen) atoms. The van der Waals surface area contributed by atoms with Gasteiger partial charge in [-0.05, 0) is 24.5 Å². The molecular weight excluding hydrogens is 414 g/mol. The first-order valence-electron chi connectivity index (χ1n) is 9.02.